The van der Waals surface area contributed by atoms with Crippen LogP contribution in [-0.2, 0) is 11.3 Å². The van der Waals surface area contributed by atoms with Crippen molar-refractivity contribution in [2.24, 2.45) is 0 Å². The van der Waals surface area contributed by atoms with E-state index in [2.05, 4.69) is 4.98 Å². The smallest absolute Gasteiger partial charge is 0.274 e. The molecule has 0 aliphatic rings. The van der Waals surface area contributed by atoms with E-state index in [0.29, 0.717) is 12.0 Å². The lowest BCUT2D eigenvalue weighted by Crippen LogP contribution is -2.30. The molecule has 0 unspecified atom stereocenters. The maximum atomic E-state index is 12.7. The maximum absolute atomic E-state index is 12.7. The first-order valence-electron chi connectivity index (χ1n) is 5.29. The molecule has 1 aromatic rings. The topological polar surface area (TPSA) is 79.6 Å². The second kappa shape index (κ2) is 6.43. The second-order valence-electron chi connectivity index (χ2n) is 3.89. The van der Waals surface area contributed by atoms with E-state index in [-0.39, 0.29) is 12.4 Å². The molecule has 1 heterocycles. The zero-order chi connectivity index (χ0) is 14.4. The van der Waals surface area contributed by atoms with Crippen LogP contribution in [0.25, 0.3) is 0 Å². The van der Waals surface area contributed by atoms with Gasteiger partial charge < -0.3 is 4.90 Å². The van der Waals surface area contributed by atoms with Crippen molar-refractivity contribution >= 4 is 6.41 Å². The first-order valence-corrected chi connectivity index (χ1v) is 5.29. The second-order valence-corrected chi connectivity index (χ2v) is 3.89. The largest absolute Gasteiger partial charge is 0.359 e. The molecule has 1 aromatic heterocycles. The van der Waals surface area contributed by atoms with Crippen LogP contribution in [0.4, 0.5) is 4.39 Å². The van der Waals surface area contributed by atoms with E-state index >= 15 is 0 Å². The van der Waals surface area contributed by atoms with Gasteiger partial charge in [-0.3, -0.25) is 19.8 Å². The fraction of sp³-hybridized carbons (Fsp3) is 0.273. The molecule has 8 heteroatoms. The number of carbonyl (C=O) groups is 1. The summed E-state index contributed by atoms with van der Waals surface area (Å²) in [7, 11) is 3.16. The zero-order valence-electron chi connectivity index (χ0n) is 10.5. The summed E-state index contributed by atoms with van der Waals surface area (Å²) in [5.41, 5.74) is 0.560. The minimum absolute atomic E-state index is 0.0641. The number of hydrogen-bond acceptors (Lipinski definition) is 5. The molecule has 0 aliphatic carbocycles. The highest BCUT2D eigenvalue weighted by molar-refractivity contribution is 5.50. The van der Waals surface area contributed by atoms with Gasteiger partial charge in [0.05, 0.1) is 11.5 Å². The molecule has 1 amide bonds. The monoisotopic (exact) mass is 268 g/mol. The Labute approximate surface area is 109 Å². The van der Waals surface area contributed by atoms with Gasteiger partial charge in [0.25, 0.3) is 6.20 Å². The molecule has 0 saturated carbocycles. The van der Waals surface area contributed by atoms with Crippen molar-refractivity contribution in [1.29, 1.82) is 0 Å². The summed E-state index contributed by atoms with van der Waals surface area (Å²) in [6.45, 7) is 0.0641. The van der Waals surface area contributed by atoms with Crippen molar-refractivity contribution in [3.05, 3.63) is 52.0 Å². The molecule has 0 spiro atoms. The number of nitrogens with zero attached hydrogens (tertiary/aromatic N) is 4. The summed E-state index contributed by atoms with van der Waals surface area (Å²) in [6, 6.07) is 2.61. The Morgan fingerprint density at radius 3 is 2.63 bits per heavy atom. The molecule has 0 fully saturated rings. The summed E-state index contributed by atoms with van der Waals surface area (Å²) in [5.74, 6) is -0.514. The van der Waals surface area contributed by atoms with Crippen molar-refractivity contribution < 1.29 is 14.1 Å². The first kappa shape index (κ1) is 14.6. The lowest BCUT2D eigenvalue weighted by atomic mass is 10.2. The average Bonchev–Trinajstić information content (AvgIpc) is 2.35. The predicted octanol–water partition coefficient (Wildman–Crippen LogP) is 0.816. The maximum Gasteiger partial charge on any atom is 0.274 e. The van der Waals surface area contributed by atoms with Gasteiger partial charge in [0.2, 0.25) is 12.4 Å². The minimum Gasteiger partial charge on any atom is -0.359 e. The molecule has 19 heavy (non-hydrogen) atoms. The van der Waals surface area contributed by atoms with Gasteiger partial charge in [0.15, 0.2) is 5.82 Å². The summed E-state index contributed by atoms with van der Waals surface area (Å²) < 4.78 is 12.7. The molecule has 0 atom stereocenters. The van der Waals surface area contributed by atoms with E-state index in [1.54, 1.807) is 14.1 Å². The number of amides is 1. The lowest BCUT2D eigenvalue weighted by Gasteiger charge is -2.24. The fourth-order valence-electron chi connectivity index (χ4n) is 1.41. The third kappa shape index (κ3) is 4.34. The molecule has 0 N–H and O–H groups in total. The van der Waals surface area contributed by atoms with Gasteiger partial charge in [-0.05, 0) is 11.6 Å². The van der Waals surface area contributed by atoms with Crippen molar-refractivity contribution in [3.63, 3.8) is 0 Å². The Kier molecular flexibility index (Phi) is 4.92. The summed E-state index contributed by atoms with van der Waals surface area (Å²) in [5, 5.41) is 10.5. The van der Waals surface area contributed by atoms with E-state index in [1.165, 1.54) is 17.2 Å². The van der Waals surface area contributed by atoms with Gasteiger partial charge in [-0.25, -0.2) is 4.98 Å². The predicted molar refractivity (Wildman–Crippen MR) is 64.6 cm³/mol. The van der Waals surface area contributed by atoms with Crippen LogP contribution >= 0.6 is 0 Å². The molecule has 7 nitrogen and oxygen atoms in total. The summed E-state index contributed by atoms with van der Waals surface area (Å²) in [4.78, 5) is 27.0. The third-order valence-corrected chi connectivity index (χ3v) is 2.24. The third-order valence-electron chi connectivity index (χ3n) is 2.24. The Morgan fingerprint density at radius 2 is 2.21 bits per heavy atom. The lowest BCUT2D eigenvalue weighted by molar-refractivity contribution is -0.405. The fourth-order valence-corrected chi connectivity index (χ4v) is 1.41. The number of halogens is 1. The Bertz CT molecular complexity index is 487. The molecule has 0 aliphatic heterocycles. The van der Waals surface area contributed by atoms with Crippen molar-refractivity contribution in [2.75, 3.05) is 14.1 Å². The molecular weight excluding hydrogens is 255 g/mol. The molecule has 0 radical (unpaired) electrons. The molecule has 0 saturated heterocycles. The van der Waals surface area contributed by atoms with Gasteiger partial charge in [-0.1, -0.05) is 6.07 Å². The van der Waals surface area contributed by atoms with Crippen LogP contribution in [0.5, 0.6) is 0 Å². The summed E-state index contributed by atoms with van der Waals surface area (Å²) >= 11 is 0. The molecular formula is C11H13FN4O3. The van der Waals surface area contributed by atoms with Crippen LogP contribution < -0.4 is 0 Å². The van der Waals surface area contributed by atoms with E-state index in [0.717, 1.165) is 17.2 Å². The Balaban J connectivity index is 2.95. The average molecular weight is 268 g/mol. The van der Waals surface area contributed by atoms with Crippen molar-refractivity contribution in [1.82, 2.24) is 14.8 Å². The highest BCUT2D eigenvalue weighted by Crippen LogP contribution is 2.11. The van der Waals surface area contributed by atoms with E-state index < -0.39 is 10.9 Å². The number of aromatic nitrogens is 1. The number of pyridine rings is 1. The Hall–Kier alpha value is -2.51. The van der Waals surface area contributed by atoms with Crippen LogP contribution in [0.1, 0.15) is 5.56 Å². The number of carbonyl (C=O) groups excluding carboxylic acids is 1. The number of hydrogen-bond donors (Lipinski definition) is 0. The van der Waals surface area contributed by atoms with Crippen molar-refractivity contribution in [3.8, 4) is 0 Å². The van der Waals surface area contributed by atoms with Gasteiger partial charge in [0.1, 0.15) is 0 Å². The van der Waals surface area contributed by atoms with Gasteiger partial charge in [0, 0.05) is 20.3 Å². The first-order chi connectivity index (χ1) is 8.93. The van der Waals surface area contributed by atoms with Crippen LogP contribution in [0, 0.1) is 16.1 Å². The van der Waals surface area contributed by atoms with E-state index in [9.17, 15) is 19.3 Å². The molecule has 0 aromatic carbocycles. The highest BCUT2D eigenvalue weighted by Gasteiger charge is 2.15. The molecule has 102 valence electrons. The van der Waals surface area contributed by atoms with Crippen LogP contribution in [0.3, 0.4) is 0 Å². The van der Waals surface area contributed by atoms with E-state index in [1.807, 2.05) is 0 Å². The van der Waals surface area contributed by atoms with E-state index in [4.69, 9.17) is 0 Å². The summed E-state index contributed by atoms with van der Waals surface area (Å²) in [6.07, 6.45) is 2.47. The van der Waals surface area contributed by atoms with Crippen LogP contribution in [0.15, 0.2) is 30.4 Å². The normalized spacial score (nSPS) is 11.0. The molecule has 0 bridgehead atoms. The van der Waals surface area contributed by atoms with Gasteiger partial charge in [-0.2, -0.15) is 4.39 Å². The molecule has 1 rings (SSSR count). The van der Waals surface area contributed by atoms with Crippen LogP contribution in [-0.4, -0.2) is 40.2 Å². The van der Waals surface area contributed by atoms with Crippen LogP contribution in [0.2, 0.25) is 0 Å². The SMILES string of the molecule is CN(C)C(=C[N+](=O)[O-])N(C=O)Cc1ccc(F)nc1. The van der Waals surface area contributed by atoms with Gasteiger partial charge in [-0.15, -0.1) is 0 Å². The standard InChI is InChI=1S/C11H13FN4O3/c1-14(2)11(7-16(18)19)15(8-17)6-9-3-4-10(12)13-5-9/h3-5,7-8H,6H2,1-2H3. The number of nitro groups is 1. The van der Waals surface area contributed by atoms with Crippen molar-refractivity contribution in [2.45, 2.75) is 6.54 Å². The quantitative estimate of drug-likeness (QED) is 0.330. The highest BCUT2D eigenvalue weighted by atomic mass is 19.1. The number of rotatable bonds is 6. The minimum atomic E-state index is -0.644. The Morgan fingerprint density at radius 1 is 1.53 bits per heavy atom. The van der Waals surface area contributed by atoms with Gasteiger partial charge >= 0.3 is 0 Å². The zero-order valence-corrected chi connectivity index (χ0v) is 10.5.